The molecule has 2 rings (SSSR count). The lowest BCUT2D eigenvalue weighted by molar-refractivity contribution is -0.121. The van der Waals surface area contributed by atoms with Crippen molar-refractivity contribution in [2.45, 2.75) is 13.0 Å². The van der Waals surface area contributed by atoms with Crippen molar-refractivity contribution in [3.8, 4) is 11.5 Å². The van der Waals surface area contributed by atoms with Crippen LogP contribution in [0.1, 0.15) is 12.0 Å². The maximum atomic E-state index is 12.0. The molecule has 0 saturated heterocycles. The van der Waals surface area contributed by atoms with E-state index in [2.05, 4.69) is 5.32 Å². The number of benzene rings is 1. The van der Waals surface area contributed by atoms with E-state index in [9.17, 15) is 13.2 Å². The zero-order chi connectivity index (χ0) is 17.6. The highest BCUT2D eigenvalue weighted by molar-refractivity contribution is 7.88. The normalized spacial score (nSPS) is 13.3. The second kappa shape index (κ2) is 8.32. The fourth-order valence-corrected chi connectivity index (χ4v) is 3.03. The summed E-state index contributed by atoms with van der Waals surface area (Å²) in [6.07, 6.45) is 1.62. The number of hydrogen-bond donors (Lipinski definition) is 1. The molecule has 0 atom stereocenters. The van der Waals surface area contributed by atoms with Gasteiger partial charge in [0.1, 0.15) is 0 Å². The van der Waals surface area contributed by atoms with E-state index < -0.39 is 10.0 Å². The molecule has 0 radical (unpaired) electrons. The Balaban J connectivity index is 1.86. The van der Waals surface area contributed by atoms with Crippen molar-refractivity contribution in [2.24, 2.45) is 0 Å². The van der Waals surface area contributed by atoms with Crippen LogP contribution in [0.15, 0.2) is 18.2 Å². The van der Waals surface area contributed by atoms with Gasteiger partial charge in [0.25, 0.3) is 0 Å². The van der Waals surface area contributed by atoms with Crippen LogP contribution in [0.3, 0.4) is 0 Å². The molecule has 1 aliphatic rings. The Morgan fingerprint density at radius 2 is 2.08 bits per heavy atom. The topological polar surface area (TPSA) is 94.2 Å². The van der Waals surface area contributed by atoms with Crippen LogP contribution in [-0.2, 0) is 26.1 Å². The third-order valence-electron chi connectivity index (χ3n) is 3.47. The van der Waals surface area contributed by atoms with Crippen molar-refractivity contribution in [2.75, 3.05) is 39.9 Å². The van der Waals surface area contributed by atoms with Crippen molar-refractivity contribution in [1.82, 2.24) is 9.62 Å². The van der Waals surface area contributed by atoms with Gasteiger partial charge in [0.05, 0.1) is 12.8 Å². The molecule has 1 aliphatic heterocycles. The monoisotopic (exact) mass is 358 g/mol. The molecule has 9 heteroatoms. The maximum absolute atomic E-state index is 12.0. The Kier molecular flexibility index (Phi) is 6.41. The molecule has 1 aromatic carbocycles. The highest BCUT2D eigenvalue weighted by Gasteiger charge is 2.20. The molecule has 0 aliphatic carbocycles. The number of sulfonamides is 1. The van der Waals surface area contributed by atoms with Crippen LogP contribution in [0.5, 0.6) is 11.5 Å². The Hall–Kier alpha value is -1.84. The van der Waals surface area contributed by atoms with E-state index in [0.717, 1.165) is 16.1 Å². The largest absolute Gasteiger partial charge is 0.454 e. The number of carbonyl (C=O) groups is 1. The number of nitrogens with zero attached hydrogens (tertiary/aromatic N) is 1. The molecule has 134 valence electrons. The van der Waals surface area contributed by atoms with Gasteiger partial charge < -0.3 is 19.5 Å². The summed E-state index contributed by atoms with van der Waals surface area (Å²) in [5.41, 5.74) is 0.845. The van der Waals surface area contributed by atoms with E-state index in [1.807, 2.05) is 6.07 Å². The molecule has 0 spiro atoms. The molecule has 24 heavy (non-hydrogen) atoms. The average Bonchev–Trinajstić information content (AvgIpc) is 2.98. The molecule has 1 heterocycles. The predicted octanol–water partition coefficient (Wildman–Crippen LogP) is 0.330. The van der Waals surface area contributed by atoms with Crippen LogP contribution < -0.4 is 14.8 Å². The number of ether oxygens (including phenoxy) is 3. The number of nitrogens with one attached hydrogen (secondary N) is 1. The van der Waals surface area contributed by atoms with Gasteiger partial charge in [-0.2, -0.15) is 4.31 Å². The number of carbonyl (C=O) groups excluding carboxylic acids is 1. The number of rotatable bonds is 9. The molecule has 1 amide bonds. The van der Waals surface area contributed by atoms with E-state index in [1.54, 1.807) is 19.2 Å². The van der Waals surface area contributed by atoms with Crippen LogP contribution in [0, 0.1) is 0 Å². The van der Waals surface area contributed by atoms with Crippen LogP contribution in [0.2, 0.25) is 0 Å². The first-order chi connectivity index (χ1) is 11.4. The minimum Gasteiger partial charge on any atom is -0.454 e. The van der Waals surface area contributed by atoms with Crippen LogP contribution in [0.4, 0.5) is 0 Å². The Morgan fingerprint density at radius 3 is 2.79 bits per heavy atom. The summed E-state index contributed by atoms with van der Waals surface area (Å²) in [5.74, 6) is 0.945. The van der Waals surface area contributed by atoms with Crippen LogP contribution in [0.25, 0.3) is 0 Å². The van der Waals surface area contributed by atoms with E-state index in [1.165, 1.54) is 0 Å². The maximum Gasteiger partial charge on any atom is 0.235 e. The van der Waals surface area contributed by atoms with E-state index >= 15 is 0 Å². The summed E-state index contributed by atoms with van der Waals surface area (Å²) >= 11 is 0. The van der Waals surface area contributed by atoms with Gasteiger partial charge in [-0.1, -0.05) is 6.07 Å². The zero-order valence-electron chi connectivity index (χ0n) is 13.8. The molecule has 0 aromatic heterocycles. The van der Waals surface area contributed by atoms with Gasteiger partial charge in [-0.05, 0) is 24.1 Å². The Morgan fingerprint density at radius 1 is 1.33 bits per heavy atom. The quantitative estimate of drug-likeness (QED) is 0.640. The van der Waals surface area contributed by atoms with Crippen molar-refractivity contribution < 1.29 is 27.4 Å². The SMILES string of the molecule is COCCCN(CC(=O)NCc1ccc2c(c1)OCO2)S(C)(=O)=O. The Labute approximate surface area is 141 Å². The second-order valence-corrected chi connectivity index (χ2v) is 7.39. The first-order valence-electron chi connectivity index (χ1n) is 7.49. The van der Waals surface area contributed by atoms with Gasteiger partial charge >= 0.3 is 0 Å². The Bertz CT molecular complexity index is 677. The summed E-state index contributed by atoms with van der Waals surface area (Å²) < 4.78 is 40.0. The van der Waals surface area contributed by atoms with Gasteiger partial charge in [-0.15, -0.1) is 0 Å². The highest BCUT2D eigenvalue weighted by atomic mass is 32.2. The molecule has 0 saturated carbocycles. The van der Waals surface area contributed by atoms with Crippen molar-refractivity contribution >= 4 is 15.9 Å². The predicted molar refractivity (Wildman–Crippen MR) is 87.3 cm³/mol. The molecule has 0 bridgehead atoms. The lowest BCUT2D eigenvalue weighted by atomic mass is 10.2. The lowest BCUT2D eigenvalue weighted by Crippen LogP contribution is -2.40. The summed E-state index contributed by atoms with van der Waals surface area (Å²) in [5, 5.41) is 2.71. The minimum atomic E-state index is -3.45. The fraction of sp³-hybridized carbons (Fsp3) is 0.533. The lowest BCUT2D eigenvalue weighted by Gasteiger charge is -2.19. The molecule has 0 unspecified atom stereocenters. The van der Waals surface area contributed by atoms with E-state index in [4.69, 9.17) is 14.2 Å². The fourth-order valence-electron chi connectivity index (χ4n) is 2.22. The van der Waals surface area contributed by atoms with Gasteiger partial charge in [0.15, 0.2) is 11.5 Å². The number of fused-ring (bicyclic) bond motifs is 1. The van der Waals surface area contributed by atoms with E-state index in [-0.39, 0.29) is 32.3 Å². The third-order valence-corrected chi connectivity index (χ3v) is 4.72. The molecule has 1 aromatic rings. The van der Waals surface area contributed by atoms with E-state index in [0.29, 0.717) is 24.5 Å². The van der Waals surface area contributed by atoms with Crippen LogP contribution in [-0.4, -0.2) is 58.5 Å². The van der Waals surface area contributed by atoms with Gasteiger partial charge in [-0.25, -0.2) is 8.42 Å². The zero-order valence-corrected chi connectivity index (χ0v) is 14.6. The van der Waals surface area contributed by atoms with Crippen molar-refractivity contribution in [1.29, 1.82) is 0 Å². The average molecular weight is 358 g/mol. The molecule has 1 N–H and O–H groups in total. The van der Waals surface area contributed by atoms with Crippen molar-refractivity contribution in [3.63, 3.8) is 0 Å². The number of amides is 1. The van der Waals surface area contributed by atoms with Crippen molar-refractivity contribution in [3.05, 3.63) is 23.8 Å². The number of methoxy groups -OCH3 is 1. The summed E-state index contributed by atoms with van der Waals surface area (Å²) in [7, 11) is -1.91. The summed E-state index contributed by atoms with van der Waals surface area (Å²) in [4.78, 5) is 12.0. The molecule has 0 fully saturated rings. The minimum absolute atomic E-state index is 0.190. The smallest absolute Gasteiger partial charge is 0.235 e. The first kappa shape index (κ1) is 18.5. The van der Waals surface area contributed by atoms with Gasteiger partial charge in [-0.3, -0.25) is 4.79 Å². The van der Waals surface area contributed by atoms with Gasteiger partial charge in [0.2, 0.25) is 22.7 Å². The molecular formula is C15H22N2O6S. The third kappa shape index (κ3) is 5.36. The molecular weight excluding hydrogens is 336 g/mol. The summed E-state index contributed by atoms with van der Waals surface area (Å²) in [6, 6.07) is 5.38. The molecule has 8 nitrogen and oxygen atoms in total. The van der Waals surface area contributed by atoms with Gasteiger partial charge in [0, 0.05) is 26.8 Å². The van der Waals surface area contributed by atoms with Crippen LogP contribution >= 0.6 is 0 Å². The highest BCUT2D eigenvalue weighted by Crippen LogP contribution is 2.32. The number of hydrogen-bond acceptors (Lipinski definition) is 6. The second-order valence-electron chi connectivity index (χ2n) is 5.41. The standard InChI is InChI=1S/C15H22N2O6S/c1-21-7-3-6-17(24(2,19)20)10-15(18)16-9-12-4-5-13-14(8-12)23-11-22-13/h4-5,8H,3,6-7,9-11H2,1-2H3,(H,16,18). The summed E-state index contributed by atoms with van der Waals surface area (Å²) in [6.45, 7) is 0.934. The first-order valence-corrected chi connectivity index (χ1v) is 9.34.